The predicted octanol–water partition coefficient (Wildman–Crippen LogP) is 7.36. The van der Waals surface area contributed by atoms with Gasteiger partial charge in [0.1, 0.15) is 11.5 Å². The number of ether oxygens (including phenoxy) is 2. The molecule has 2 rings (SSSR count). The number of hydrogen-bond acceptors (Lipinski definition) is 2. The molecule has 0 atom stereocenters. The maximum Gasteiger partial charge on any atom is 0.411 e. The average molecular weight is 477 g/mol. The summed E-state index contributed by atoms with van der Waals surface area (Å²) in [6.07, 6.45) is -10.4. The zero-order valence-electron chi connectivity index (χ0n) is 19.7. The van der Waals surface area contributed by atoms with Gasteiger partial charge in [-0.2, -0.15) is 26.3 Å². The highest BCUT2D eigenvalue weighted by molar-refractivity contribution is 5.56. The zero-order valence-corrected chi connectivity index (χ0v) is 19.7. The van der Waals surface area contributed by atoms with E-state index in [0.717, 1.165) is 24.3 Å². The Kier molecular flexibility index (Phi) is 8.02. The van der Waals surface area contributed by atoms with Gasteiger partial charge in [-0.05, 0) is 59.1 Å². The number of methoxy groups -OCH3 is 2. The molecule has 0 saturated carbocycles. The fraction of sp³-hybridized carbons (Fsp3) is 0.520. The number of alkyl halides is 6. The Morgan fingerprint density at radius 3 is 0.939 bits per heavy atom. The number of benzene rings is 2. The van der Waals surface area contributed by atoms with Gasteiger partial charge in [0.25, 0.3) is 0 Å². The molecule has 2 aromatic rings. The maximum atomic E-state index is 14.8. The lowest BCUT2D eigenvalue weighted by Gasteiger charge is -2.39. The molecule has 0 aliphatic heterocycles. The van der Waals surface area contributed by atoms with Crippen molar-refractivity contribution in [2.45, 2.75) is 71.1 Å². The summed E-state index contributed by atoms with van der Waals surface area (Å²) < 4.78 is 99.3. The molecule has 0 radical (unpaired) electrons. The third kappa shape index (κ3) is 4.41. The van der Waals surface area contributed by atoms with Crippen molar-refractivity contribution in [3.63, 3.8) is 0 Å². The van der Waals surface area contributed by atoms with E-state index < -0.39 is 28.9 Å². The van der Waals surface area contributed by atoms with E-state index in [1.165, 1.54) is 14.2 Å². The van der Waals surface area contributed by atoms with Crippen molar-refractivity contribution in [3.8, 4) is 11.5 Å². The predicted molar refractivity (Wildman–Crippen MR) is 116 cm³/mol. The fourth-order valence-corrected chi connectivity index (χ4v) is 4.50. The van der Waals surface area contributed by atoms with Crippen molar-refractivity contribution in [3.05, 3.63) is 57.6 Å². The van der Waals surface area contributed by atoms with Crippen LogP contribution in [0.25, 0.3) is 0 Å². The minimum absolute atomic E-state index is 0.221. The molecular weight excluding hydrogens is 446 g/mol. The molecule has 0 heterocycles. The molecule has 0 aromatic heterocycles. The minimum atomic E-state index is -5.65. The molecule has 0 N–H and O–H groups in total. The normalized spacial score (nSPS) is 12.7. The van der Waals surface area contributed by atoms with E-state index in [1.54, 1.807) is 27.7 Å². The van der Waals surface area contributed by atoms with E-state index in [9.17, 15) is 26.3 Å². The van der Waals surface area contributed by atoms with Crippen LogP contribution in [0.3, 0.4) is 0 Å². The van der Waals surface area contributed by atoms with E-state index in [0.29, 0.717) is 33.8 Å². The highest BCUT2D eigenvalue weighted by Crippen LogP contribution is 2.57. The summed E-state index contributed by atoms with van der Waals surface area (Å²) >= 11 is 0. The quantitative estimate of drug-likeness (QED) is 0.371. The Labute approximate surface area is 190 Å². The van der Waals surface area contributed by atoms with Gasteiger partial charge in [0.2, 0.25) is 5.41 Å². The second-order valence-electron chi connectivity index (χ2n) is 7.82. The van der Waals surface area contributed by atoms with Crippen LogP contribution >= 0.6 is 0 Å². The van der Waals surface area contributed by atoms with Gasteiger partial charge in [-0.1, -0.05) is 52.0 Å². The minimum Gasteiger partial charge on any atom is -0.496 e. The standard InChI is InChI=1S/C25H30F6O2/c1-7-15-11-19(12-16(8-2)21(15)32-5)23(24(26,27)28,25(29,30)31)20-13-17(9-3)22(33-6)18(10-4)14-20/h11-14H,7-10H2,1-6H3. The molecule has 0 bridgehead atoms. The Balaban J connectivity index is 3.14. The van der Waals surface area contributed by atoms with Gasteiger partial charge in [-0.3, -0.25) is 0 Å². The van der Waals surface area contributed by atoms with Gasteiger partial charge in [0.05, 0.1) is 14.2 Å². The fourth-order valence-electron chi connectivity index (χ4n) is 4.50. The van der Waals surface area contributed by atoms with Gasteiger partial charge in [0.15, 0.2) is 0 Å². The number of aryl methyl sites for hydroxylation is 4. The van der Waals surface area contributed by atoms with E-state index in [4.69, 9.17) is 9.47 Å². The monoisotopic (exact) mass is 476 g/mol. The van der Waals surface area contributed by atoms with Crippen molar-refractivity contribution < 1.29 is 35.8 Å². The Morgan fingerprint density at radius 2 is 0.788 bits per heavy atom. The van der Waals surface area contributed by atoms with Crippen LogP contribution in [0.1, 0.15) is 61.1 Å². The summed E-state index contributed by atoms with van der Waals surface area (Å²) in [7, 11) is 2.72. The second kappa shape index (κ2) is 9.85. The molecular formula is C25H30F6O2. The molecule has 0 aliphatic carbocycles. The van der Waals surface area contributed by atoms with Crippen LogP contribution in [0.2, 0.25) is 0 Å². The van der Waals surface area contributed by atoms with Crippen LogP contribution in [0.15, 0.2) is 24.3 Å². The molecule has 33 heavy (non-hydrogen) atoms. The first-order valence-electron chi connectivity index (χ1n) is 10.9. The lowest BCUT2D eigenvalue weighted by molar-refractivity contribution is -0.288. The topological polar surface area (TPSA) is 18.5 Å². The second-order valence-corrected chi connectivity index (χ2v) is 7.82. The largest absolute Gasteiger partial charge is 0.496 e. The molecule has 0 unspecified atom stereocenters. The highest BCUT2D eigenvalue weighted by Gasteiger charge is 2.72. The molecule has 0 fully saturated rings. The van der Waals surface area contributed by atoms with Crippen molar-refractivity contribution >= 4 is 0 Å². The smallest absolute Gasteiger partial charge is 0.411 e. The van der Waals surface area contributed by atoms with Crippen LogP contribution in [0.4, 0.5) is 26.3 Å². The van der Waals surface area contributed by atoms with Gasteiger partial charge in [0, 0.05) is 0 Å². The van der Waals surface area contributed by atoms with Crippen molar-refractivity contribution in [2.75, 3.05) is 14.2 Å². The number of hydrogen-bond donors (Lipinski definition) is 0. The van der Waals surface area contributed by atoms with Crippen LogP contribution in [-0.2, 0) is 31.1 Å². The van der Waals surface area contributed by atoms with Crippen molar-refractivity contribution in [1.82, 2.24) is 0 Å². The highest BCUT2D eigenvalue weighted by atomic mass is 19.4. The Morgan fingerprint density at radius 1 is 0.545 bits per heavy atom. The maximum absolute atomic E-state index is 14.8. The average Bonchev–Trinajstić information content (AvgIpc) is 2.75. The Bertz CT molecular complexity index is 846. The van der Waals surface area contributed by atoms with E-state index in [2.05, 4.69) is 0 Å². The number of halogens is 6. The summed E-state index contributed by atoms with van der Waals surface area (Å²) in [6.45, 7) is 6.67. The van der Waals surface area contributed by atoms with E-state index >= 15 is 0 Å². The number of rotatable bonds is 8. The van der Waals surface area contributed by atoms with Crippen LogP contribution in [-0.4, -0.2) is 26.6 Å². The third-order valence-electron chi connectivity index (χ3n) is 6.13. The molecule has 2 nitrogen and oxygen atoms in total. The summed E-state index contributed by atoms with van der Waals surface area (Å²) in [6, 6.07) is 3.95. The van der Waals surface area contributed by atoms with Crippen molar-refractivity contribution in [1.29, 1.82) is 0 Å². The third-order valence-corrected chi connectivity index (χ3v) is 6.13. The molecule has 0 spiro atoms. The summed E-state index contributed by atoms with van der Waals surface area (Å²) in [5.74, 6) is 0.639. The van der Waals surface area contributed by atoms with Gasteiger partial charge < -0.3 is 9.47 Å². The first-order valence-corrected chi connectivity index (χ1v) is 10.9. The first kappa shape index (κ1) is 26.9. The van der Waals surface area contributed by atoms with Crippen LogP contribution in [0, 0.1) is 0 Å². The van der Waals surface area contributed by atoms with Crippen molar-refractivity contribution in [2.24, 2.45) is 0 Å². The first-order chi connectivity index (χ1) is 15.4. The molecule has 0 saturated heterocycles. The van der Waals surface area contributed by atoms with Gasteiger partial charge in [-0.15, -0.1) is 0 Å². The lowest BCUT2D eigenvalue weighted by Crippen LogP contribution is -2.55. The summed E-state index contributed by atoms with van der Waals surface area (Å²) in [5.41, 5.74) is -4.73. The molecule has 0 amide bonds. The summed E-state index contributed by atoms with van der Waals surface area (Å²) in [5, 5.41) is 0. The van der Waals surface area contributed by atoms with Gasteiger partial charge in [-0.25, -0.2) is 0 Å². The molecule has 2 aromatic carbocycles. The summed E-state index contributed by atoms with van der Waals surface area (Å²) in [4.78, 5) is 0. The van der Waals surface area contributed by atoms with Crippen LogP contribution < -0.4 is 9.47 Å². The van der Waals surface area contributed by atoms with Crippen LogP contribution in [0.5, 0.6) is 11.5 Å². The van der Waals surface area contributed by atoms with E-state index in [-0.39, 0.29) is 25.7 Å². The SMILES string of the molecule is CCc1cc(C(c2cc(CC)c(OC)c(CC)c2)(C(F)(F)F)C(F)(F)F)cc(CC)c1OC. The lowest BCUT2D eigenvalue weighted by atomic mass is 9.70. The van der Waals surface area contributed by atoms with E-state index in [1.807, 2.05) is 0 Å². The molecule has 0 aliphatic rings. The molecule has 184 valence electrons. The molecule has 8 heteroatoms. The zero-order chi connectivity index (χ0) is 25.2. The Hall–Kier alpha value is -2.38. The van der Waals surface area contributed by atoms with Gasteiger partial charge >= 0.3 is 12.4 Å².